The Bertz CT molecular complexity index is 1490. The van der Waals surface area contributed by atoms with Crippen molar-refractivity contribution in [2.45, 2.75) is 12.7 Å². The molecule has 200 valence electrons. The van der Waals surface area contributed by atoms with Gasteiger partial charge in [-0.15, -0.1) is 0 Å². The number of carbonyl (C=O) groups excluding carboxylic acids is 2. The van der Waals surface area contributed by atoms with Crippen molar-refractivity contribution in [2.24, 2.45) is 0 Å². The van der Waals surface area contributed by atoms with Crippen molar-refractivity contribution in [2.75, 3.05) is 18.7 Å². The van der Waals surface area contributed by atoms with Crippen LogP contribution in [0.3, 0.4) is 0 Å². The Labute approximate surface area is 230 Å². The average Bonchev–Trinajstić information content (AvgIpc) is 3.47. The van der Waals surface area contributed by atoms with Crippen molar-refractivity contribution in [3.63, 3.8) is 0 Å². The molecule has 0 spiro atoms. The van der Waals surface area contributed by atoms with Crippen molar-refractivity contribution >= 4 is 51.9 Å². The molecule has 2 amide bonds. The number of hydrogen-bond acceptors (Lipinski definition) is 7. The molecule has 0 unspecified atom stereocenters. The fraction of sp³-hybridized carbons (Fsp3) is 0.148. The molecule has 2 aliphatic heterocycles. The van der Waals surface area contributed by atoms with Crippen LogP contribution < -0.4 is 19.5 Å². The van der Waals surface area contributed by atoms with E-state index in [1.807, 2.05) is 12.1 Å². The fourth-order valence-corrected chi connectivity index (χ4v) is 5.13. The summed E-state index contributed by atoms with van der Waals surface area (Å²) in [6, 6.07) is 16.8. The normalized spacial score (nSPS) is 15.7. The van der Waals surface area contributed by atoms with Crippen molar-refractivity contribution in [3.05, 3.63) is 88.3 Å². The lowest BCUT2D eigenvalue weighted by molar-refractivity contribution is -0.137. The molecule has 3 aromatic rings. The van der Waals surface area contributed by atoms with Crippen LogP contribution in [0.5, 0.6) is 17.2 Å². The van der Waals surface area contributed by atoms with Gasteiger partial charge in [0, 0.05) is 0 Å². The first-order valence-electron chi connectivity index (χ1n) is 11.5. The predicted molar refractivity (Wildman–Crippen MR) is 143 cm³/mol. The molecule has 1 fully saturated rings. The number of ether oxygens (including phenoxy) is 3. The summed E-state index contributed by atoms with van der Waals surface area (Å²) >= 11 is 6.59. The van der Waals surface area contributed by atoms with Crippen LogP contribution in [-0.4, -0.2) is 34.4 Å². The Kier molecular flexibility index (Phi) is 7.49. The zero-order valence-electron chi connectivity index (χ0n) is 20.0. The molecule has 1 saturated heterocycles. The van der Waals surface area contributed by atoms with E-state index in [-0.39, 0.29) is 24.9 Å². The van der Waals surface area contributed by atoms with E-state index in [1.54, 1.807) is 36.4 Å². The number of rotatable bonds is 7. The molecule has 12 heteroatoms. The molecule has 5 rings (SSSR count). The zero-order valence-corrected chi connectivity index (χ0v) is 21.6. The number of para-hydroxylation sites is 1. The van der Waals surface area contributed by atoms with Gasteiger partial charge in [0.1, 0.15) is 10.1 Å². The van der Waals surface area contributed by atoms with Crippen LogP contribution in [0.4, 0.5) is 18.9 Å². The van der Waals surface area contributed by atoms with Gasteiger partial charge in [-0.2, -0.15) is 13.2 Å². The maximum absolute atomic E-state index is 13.2. The average molecular weight is 573 g/mol. The van der Waals surface area contributed by atoms with Crippen molar-refractivity contribution in [1.29, 1.82) is 0 Å². The summed E-state index contributed by atoms with van der Waals surface area (Å²) in [6.45, 7) is -0.0796. The minimum absolute atomic E-state index is 0.155. The van der Waals surface area contributed by atoms with E-state index in [2.05, 4.69) is 5.32 Å². The molecule has 0 radical (unpaired) electrons. The summed E-state index contributed by atoms with van der Waals surface area (Å²) in [7, 11) is 0. The lowest BCUT2D eigenvalue weighted by Crippen LogP contribution is -2.27. The van der Waals surface area contributed by atoms with E-state index in [9.17, 15) is 22.8 Å². The Hall–Kier alpha value is -4.03. The van der Waals surface area contributed by atoms with Gasteiger partial charge in [-0.05, 0) is 53.6 Å². The Morgan fingerprint density at radius 2 is 1.87 bits per heavy atom. The number of nitrogens with one attached hydrogen (secondary N) is 1. The first-order valence-corrected chi connectivity index (χ1v) is 12.7. The van der Waals surface area contributed by atoms with Crippen LogP contribution in [0, 0.1) is 0 Å². The Morgan fingerprint density at radius 3 is 2.69 bits per heavy atom. The number of fused-ring (bicyclic) bond motifs is 1. The summed E-state index contributed by atoms with van der Waals surface area (Å²) in [6.07, 6.45) is -2.95. The topological polar surface area (TPSA) is 77.1 Å². The fourth-order valence-electron chi connectivity index (χ4n) is 3.88. The zero-order chi connectivity index (χ0) is 27.6. The van der Waals surface area contributed by atoms with E-state index < -0.39 is 24.3 Å². The highest BCUT2D eigenvalue weighted by Crippen LogP contribution is 2.37. The van der Waals surface area contributed by atoms with Crippen molar-refractivity contribution < 1.29 is 37.0 Å². The molecule has 2 aliphatic rings. The molecule has 0 aromatic heterocycles. The second kappa shape index (κ2) is 11.0. The number of nitrogens with zero attached hydrogens (tertiary/aromatic N) is 1. The van der Waals surface area contributed by atoms with E-state index in [1.165, 1.54) is 34.9 Å². The smallest absolute Gasteiger partial charge is 0.418 e. The molecule has 1 N–H and O–H groups in total. The number of benzene rings is 3. The molecular formula is C27H19F3N2O5S2. The molecule has 0 bridgehead atoms. The van der Waals surface area contributed by atoms with Crippen molar-refractivity contribution in [1.82, 2.24) is 4.90 Å². The number of carbonyl (C=O) groups is 2. The molecular weight excluding hydrogens is 553 g/mol. The monoisotopic (exact) mass is 572 g/mol. The van der Waals surface area contributed by atoms with Crippen LogP contribution in [0.2, 0.25) is 0 Å². The van der Waals surface area contributed by atoms with E-state index in [0.717, 1.165) is 11.6 Å². The van der Waals surface area contributed by atoms with Gasteiger partial charge in [0.15, 0.2) is 18.1 Å². The van der Waals surface area contributed by atoms with E-state index in [0.29, 0.717) is 32.0 Å². The summed E-state index contributed by atoms with van der Waals surface area (Å²) in [5.74, 6) is 0.565. The van der Waals surface area contributed by atoms with Gasteiger partial charge in [0.2, 0.25) is 6.79 Å². The third-order valence-corrected chi connectivity index (χ3v) is 7.06. The maximum Gasteiger partial charge on any atom is 0.418 e. The molecule has 39 heavy (non-hydrogen) atoms. The van der Waals surface area contributed by atoms with Crippen LogP contribution in [0.15, 0.2) is 71.6 Å². The van der Waals surface area contributed by atoms with E-state index in [4.69, 9.17) is 26.4 Å². The number of thiocarbonyl (C=S) groups is 1. The second-order valence-electron chi connectivity index (χ2n) is 8.41. The summed E-state index contributed by atoms with van der Waals surface area (Å²) in [5, 5.41) is 2.23. The number of hydrogen-bond donors (Lipinski definition) is 1. The summed E-state index contributed by atoms with van der Waals surface area (Å²) in [4.78, 5) is 27.2. The number of amides is 2. The van der Waals surface area contributed by atoms with Gasteiger partial charge >= 0.3 is 6.18 Å². The SMILES string of the molecule is O=C(COc1cccc(/C=C2\SC(=S)N(Cc3ccc4c(c3)OCO4)C2=O)c1)Nc1ccccc1C(F)(F)F. The standard InChI is InChI=1S/C27H19F3N2O5S2/c28-27(29,30)19-6-1-2-7-20(19)31-24(33)14-35-18-5-3-4-16(10-18)12-23-25(34)32(26(38)39-23)13-17-8-9-21-22(11-17)37-15-36-21/h1-12H,13-15H2,(H,31,33)/b23-12-. The largest absolute Gasteiger partial charge is 0.484 e. The van der Waals surface area contributed by atoms with E-state index >= 15 is 0 Å². The van der Waals surface area contributed by atoms with Crippen LogP contribution in [0.1, 0.15) is 16.7 Å². The van der Waals surface area contributed by atoms with Gasteiger partial charge in [0.05, 0.1) is 22.7 Å². The predicted octanol–water partition coefficient (Wildman–Crippen LogP) is 5.85. The number of halogens is 3. The van der Waals surface area contributed by atoms with Gasteiger partial charge in [0.25, 0.3) is 11.8 Å². The Morgan fingerprint density at radius 1 is 1.08 bits per heavy atom. The lowest BCUT2D eigenvalue weighted by atomic mass is 10.1. The van der Waals surface area contributed by atoms with Gasteiger partial charge < -0.3 is 19.5 Å². The van der Waals surface area contributed by atoms with Crippen LogP contribution in [0.25, 0.3) is 6.08 Å². The summed E-state index contributed by atoms with van der Waals surface area (Å²) in [5.41, 5.74) is 0.161. The number of thioether (sulfide) groups is 1. The molecule has 2 heterocycles. The first kappa shape index (κ1) is 26.6. The van der Waals surface area contributed by atoms with Gasteiger partial charge in [-0.1, -0.05) is 54.3 Å². The maximum atomic E-state index is 13.2. The third-order valence-electron chi connectivity index (χ3n) is 5.68. The van der Waals surface area contributed by atoms with Gasteiger partial charge in [-0.3, -0.25) is 14.5 Å². The minimum atomic E-state index is -4.61. The lowest BCUT2D eigenvalue weighted by Gasteiger charge is -2.14. The first-order chi connectivity index (χ1) is 18.7. The molecule has 0 saturated carbocycles. The highest BCUT2D eigenvalue weighted by molar-refractivity contribution is 8.26. The molecule has 0 aliphatic carbocycles. The van der Waals surface area contributed by atoms with Gasteiger partial charge in [-0.25, -0.2) is 0 Å². The molecule has 0 atom stereocenters. The highest BCUT2D eigenvalue weighted by Gasteiger charge is 2.34. The molecule has 7 nitrogen and oxygen atoms in total. The van der Waals surface area contributed by atoms with Crippen LogP contribution >= 0.6 is 24.0 Å². The minimum Gasteiger partial charge on any atom is -0.484 e. The molecule has 3 aromatic carbocycles. The number of alkyl halides is 3. The highest BCUT2D eigenvalue weighted by atomic mass is 32.2. The summed E-state index contributed by atoms with van der Waals surface area (Å²) < 4.78 is 56.1. The van der Waals surface area contributed by atoms with Crippen molar-refractivity contribution in [3.8, 4) is 17.2 Å². The quantitative estimate of drug-likeness (QED) is 0.281. The second-order valence-corrected chi connectivity index (χ2v) is 10.1. The third kappa shape index (κ3) is 6.18. The Balaban J connectivity index is 1.22. The van der Waals surface area contributed by atoms with Crippen LogP contribution in [-0.2, 0) is 22.3 Å². The number of anilines is 1.